The van der Waals surface area contributed by atoms with E-state index in [1.54, 1.807) is 54.9 Å². The molecule has 1 saturated heterocycles. The van der Waals surface area contributed by atoms with Gasteiger partial charge in [0.25, 0.3) is 11.7 Å². The van der Waals surface area contributed by atoms with Gasteiger partial charge >= 0.3 is 0 Å². The Hall–Kier alpha value is -4.53. The van der Waals surface area contributed by atoms with Crippen molar-refractivity contribution in [2.24, 2.45) is 0 Å². The van der Waals surface area contributed by atoms with E-state index in [0.717, 1.165) is 16.9 Å². The van der Waals surface area contributed by atoms with Gasteiger partial charge in [0, 0.05) is 30.9 Å². The van der Waals surface area contributed by atoms with Crippen molar-refractivity contribution < 1.29 is 33.6 Å². The molecule has 0 radical (unpaired) electrons. The number of hydrogen-bond donors (Lipinski definition) is 1. The number of Topliss-reactive ketones (excluding diaryl/α,β-unsaturated/α-hetero) is 1. The van der Waals surface area contributed by atoms with Crippen LogP contribution in [0.5, 0.6) is 23.0 Å². The van der Waals surface area contributed by atoms with Crippen LogP contribution in [-0.2, 0) is 22.6 Å². The summed E-state index contributed by atoms with van der Waals surface area (Å²) in [5.41, 5.74) is 2.65. The van der Waals surface area contributed by atoms with Crippen LogP contribution in [0.4, 0.5) is 0 Å². The van der Waals surface area contributed by atoms with Gasteiger partial charge in [0.05, 0.1) is 39.6 Å². The number of rotatable bonds is 7. The van der Waals surface area contributed by atoms with Gasteiger partial charge in [-0.3, -0.25) is 14.6 Å². The normalized spacial score (nSPS) is 17.9. The molecule has 0 aliphatic carbocycles. The molecule has 2 aromatic carbocycles. The van der Waals surface area contributed by atoms with E-state index in [2.05, 4.69) is 4.98 Å². The van der Waals surface area contributed by atoms with E-state index in [1.807, 2.05) is 0 Å². The van der Waals surface area contributed by atoms with Crippen LogP contribution < -0.4 is 18.9 Å². The molecule has 9 heteroatoms. The lowest BCUT2D eigenvalue weighted by Gasteiger charge is -2.26. The quantitative estimate of drug-likeness (QED) is 0.296. The summed E-state index contributed by atoms with van der Waals surface area (Å²) in [6, 6.07) is 11.2. The van der Waals surface area contributed by atoms with Crippen LogP contribution >= 0.6 is 0 Å². The number of hydrogen-bond acceptors (Lipinski definition) is 8. The molecule has 3 aromatic rings. The number of pyridine rings is 1. The van der Waals surface area contributed by atoms with Crippen molar-refractivity contribution in [3.63, 3.8) is 0 Å². The van der Waals surface area contributed by atoms with Gasteiger partial charge in [0.1, 0.15) is 11.5 Å². The number of benzene rings is 2. The predicted octanol–water partition coefficient (Wildman–Crippen LogP) is 3.66. The van der Waals surface area contributed by atoms with Crippen LogP contribution in [0.2, 0.25) is 0 Å². The minimum Gasteiger partial charge on any atom is -0.507 e. The highest BCUT2D eigenvalue weighted by atomic mass is 16.5. The molecule has 1 N–H and O–H groups in total. The van der Waals surface area contributed by atoms with Crippen LogP contribution in [0.15, 0.2) is 60.4 Å². The van der Waals surface area contributed by atoms with Gasteiger partial charge in [-0.25, -0.2) is 0 Å². The SMILES string of the molecule is COc1cc(C2/C(=C(\O)c3ccc4c(c3)CCO4)C(=O)C(=O)N2Cc2ccncc2)cc(OC)c1OC. The first kappa shape index (κ1) is 24.2. The Morgan fingerprint density at radius 1 is 1.03 bits per heavy atom. The maximum Gasteiger partial charge on any atom is 0.295 e. The molecule has 0 saturated carbocycles. The summed E-state index contributed by atoms with van der Waals surface area (Å²) < 4.78 is 22.1. The Bertz CT molecular complexity index is 1380. The van der Waals surface area contributed by atoms with Crippen LogP contribution in [0.25, 0.3) is 5.76 Å². The zero-order valence-electron chi connectivity index (χ0n) is 20.7. The fraction of sp³-hybridized carbons (Fsp3) is 0.250. The monoisotopic (exact) mass is 502 g/mol. The number of carbonyl (C=O) groups is 2. The maximum absolute atomic E-state index is 13.4. The van der Waals surface area contributed by atoms with Gasteiger partial charge in [0.2, 0.25) is 5.75 Å². The summed E-state index contributed by atoms with van der Waals surface area (Å²) in [5.74, 6) is 0.0871. The van der Waals surface area contributed by atoms with E-state index in [1.165, 1.54) is 26.2 Å². The van der Waals surface area contributed by atoms with Crippen molar-refractivity contribution in [1.82, 2.24) is 9.88 Å². The highest BCUT2D eigenvalue weighted by molar-refractivity contribution is 6.46. The Kier molecular flexibility index (Phi) is 6.43. The van der Waals surface area contributed by atoms with Crippen molar-refractivity contribution in [3.8, 4) is 23.0 Å². The second-order valence-corrected chi connectivity index (χ2v) is 8.66. The molecule has 1 aromatic heterocycles. The third-order valence-corrected chi connectivity index (χ3v) is 6.61. The van der Waals surface area contributed by atoms with E-state index in [9.17, 15) is 14.7 Å². The maximum atomic E-state index is 13.4. The van der Waals surface area contributed by atoms with Crippen LogP contribution in [0.3, 0.4) is 0 Å². The molecule has 3 heterocycles. The Balaban J connectivity index is 1.70. The molecule has 9 nitrogen and oxygen atoms in total. The number of carbonyl (C=O) groups excluding carboxylic acids is 2. The fourth-order valence-corrected chi connectivity index (χ4v) is 4.82. The molecule has 1 unspecified atom stereocenters. The second kappa shape index (κ2) is 9.85. The van der Waals surface area contributed by atoms with E-state index in [-0.39, 0.29) is 17.9 Å². The molecular formula is C28H26N2O7. The minimum atomic E-state index is -0.911. The van der Waals surface area contributed by atoms with Crippen molar-refractivity contribution in [2.45, 2.75) is 19.0 Å². The first-order chi connectivity index (χ1) is 18.0. The van der Waals surface area contributed by atoms with Gasteiger partial charge in [-0.15, -0.1) is 0 Å². The highest BCUT2D eigenvalue weighted by Gasteiger charge is 2.46. The largest absolute Gasteiger partial charge is 0.507 e. The topological polar surface area (TPSA) is 107 Å². The van der Waals surface area contributed by atoms with Gasteiger partial charge in [0.15, 0.2) is 11.5 Å². The molecule has 0 bridgehead atoms. The molecule has 2 aliphatic rings. The number of aliphatic hydroxyl groups excluding tert-OH is 1. The van der Waals surface area contributed by atoms with Crippen LogP contribution in [0.1, 0.15) is 28.3 Å². The number of methoxy groups -OCH3 is 3. The van der Waals surface area contributed by atoms with Gasteiger partial charge in [-0.2, -0.15) is 0 Å². The first-order valence-electron chi connectivity index (χ1n) is 11.7. The van der Waals surface area contributed by atoms with E-state index in [0.29, 0.717) is 41.4 Å². The predicted molar refractivity (Wildman–Crippen MR) is 134 cm³/mol. The number of ether oxygens (including phenoxy) is 4. The zero-order chi connectivity index (χ0) is 26.1. The molecule has 190 valence electrons. The summed E-state index contributed by atoms with van der Waals surface area (Å²) in [5, 5.41) is 11.5. The van der Waals surface area contributed by atoms with E-state index in [4.69, 9.17) is 18.9 Å². The number of aromatic nitrogens is 1. The lowest BCUT2D eigenvalue weighted by atomic mass is 9.94. The van der Waals surface area contributed by atoms with Crippen molar-refractivity contribution in [1.29, 1.82) is 0 Å². The molecule has 5 rings (SSSR count). The Morgan fingerprint density at radius 3 is 2.38 bits per heavy atom. The highest BCUT2D eigenvalue weighted by Crippen LogP contribution is 2.46. The van der Waals surface area contributed by atoms with Gasteiger partial charge < -0.3 is 29.0 Å². The first-order valence-corrected chi connectivity index (χ1v) is 11.7. The molecule has 2 aliphatic heterocycles. The lowest BCUT2D eigenvalue weighted by molar-refractivity contribution is -0.140. The average Bonchev–Trinajstić information content (AvgIpc) is 3.50. The summed E-state index contributed by atoms with van der Waals surface area (Å²) in [7, 11) is 4.47. The Morgan fingerprint density at radius 2 is 1.73 bits per heavy atom. The van der Waals surface area contributed by atoms with Crippen LogP contribution in [0, 0.1) is 0 Å². The molecule has 0 spiro atoms. The van der Waals surface area contributed by atoms with Crippen LogP contribution in [-0.4, -0.2) is 54.6 Å². The number of amides is 1. The van der Waals surface area contributed by atoms with Gasteiger partial charge in [-0.1, -0.05) is 0 Å². The number of ketones is 1. The fourth-order valence-electron chi connectivity index (χ4n) is 4.82. The van der Waals surface area contributed by atoms with Crippen molar-refractivity contribution >= 4 is 17.4 Å². The number of nitrogens with zero attached hydrogens (tertiary/aromatic N) is 2. The minimum absolute atomic E-state index is 0.0211. The number of aliphatic hydroxyl groups is 1. The molecule has 1 atom stereocenters. The van der Waals surface area contributed by atoms with E-state index < -0.39 is 17.7 Å². The third kappa shape index (κ3) is 4.22. The van der Waals surface area contributed by atoms with Crippen molar-refractivity contribution in [3.05, 3.63) is 82.7 Å². The zero-order valence-corrected chi connectivity index (χ0v) is 20.7. The molecular weight excluding hydrogens is 476 g/mol. The van der Waals surface area contributed by atoms with Gasteiger partial charge in [-0.05, 0) is 59.2 Å². The average molecular weight is 503 g/mol. The van der Waals surface area contributed by atoms with E-state index >= 15 is 0 Å². The standard InChI is InChI=1S/C28H26N2O7/c1-34-21-13-19(14-22(35-2)27(21)36-3)24-23(25(31)18-4-5-20-17(12-18)8-11-37-20)26(32)28(33)30(24)15-16-6-9-29-10-7-16/h4-7,9-10,12-14,24,31H,8,11,15H2,1-3H3/b25-23+. The summed E-state index contributed by atoms with van der Waals surface area (Å²) >= 11 is 0. The molecule has 1 fully saturated rings. The third-order valence-electron chi connectivity index (χ3n) is 6.61. The Labute approximate surface area is 213 Å². The lowest BCUT2D eigenvalue weighted by Crippen LogP contribution is -2.29. The molecule has 1 amide bonds. The number of likely N-dealkylation sites (tertiary alicyclic amines) is 1. The summed E-state index contributed by atoms with van der Waals surface area (Å²) in [6.07, 6.45) is 3.93. The van der Waals surface area contributed by atoms with Crippen molar-refractivity contribution in [2.75, 3.05) is 27.9 Å². The summed E-state index contributed by atoms with van der Waals surface area (Å²) in [6.45, 7) is 0.685. The smallest absolute Gasteiger partial charge is 0.295 e. The number of fused-ring (bicyclic) bond motifs is 1. The summed E-state index contributed by atoms with van der Waals surface area (Å²) in [4.78, 5) is 32.3. The molecule has 37 heavy (non-hydrogen) atoms. The second-order valence-electron chi connectivity index (χ2n) is 8.66.